The van der Waals surface area contributed by atoms with Crippen LogP contribution in [0, 0.1) is 11.8 Å². The van der Waals surface area contributed by atoms with Crippen molar-refractivity contribution in [2.24, 2.45) is 11.8 Å². The molecule has 0 saturated heterocycles. The lowest BCUT2D eigenvalue weighted by Crippen LogP contribution is -2.03. The van der Waals surface area contributed by atoms with E-state index in [1.54, 1.807) is 0 Å². The van der Waals surface area contributed by atoms with E-state index in [0.717, 1.165) is 15.8 Å². The van der Waals surface area contributed by atoms with Crippen LogP contribution in [0.3, 0.4) is 0 Å². The summed E-state index contributed by atoms with van der Waals surface area (Å²) >= 11 is 2.58. The molecule has 0 aliphatic heterocycles. The van der Waals surface area contributed by atoms with Crippen LogP contribution in [0.5, 0.6) is 0 Å². The van der Waals surface area contributed by atoms with Gasteiger partial charge in [-0.25, -0.2) is 0 Å². The summed E-state index contributed by atoms with van der Waals surface area (Å²) in [6.45, 7) is 4.69. The van der Waals surface area contributed by atoms with Gasteiger partial charge in [-0.15, -0.1) is 0 Å². The lowest BCUT2D eigenvalue weighted by atomic mass is 9.95. The van der Waals surface area contributed by atoms with Crippen LogP contribution in [0.15, 0.2) is 0 Å². The normalized spacial score (nSPS) is 36.0. The van der Waals surface area contributed by atoms with E-state index in [1.165, 1.54) is 19.3 Å². The Balaban J connectivity index is 2.30. The zero-order valence-electron chi connectivity index (χ0n) is 6.23. The number of hydrogen-bond donors (Lipinski definition) is 0. The topological polar surface area (TPSA) is 0 Å². The van der Waals surface area contributed by atoms with E-state index in [9.17, 15) is 0 Å². The van der Waals surface area contributed by atoms with Crippen LogP contribution in [0.25, 0.3) is 0 Å². The Hall–Kier alpha value is 0.730. The standard InChI is InChI=1S/C8H15I/c1-6(2)7-3-4-8(9)5-7/h6-8H,3-5H2,1-2H3/t7-,8+/m1/s1. The third-order valence-corrected chi connectivity index (χ3v) is 3.48. The largest absolute Gasteiger partial charge is 0.0826 e. The van der Waals surface area contributed by atoms with E-state index in [4.69, 9.17) is 0 Å². The molecule has 1 fully saturated rings. The molecule has 1 rings (SSSR count). The fourth-order valence-electron chi connectivity index (χ4n) is 1.56. The van der Waals surface area contributed by atoms with E-state index in [1.807, 2.05) is 0 Å². The third-order valence-electron chi connectivity index (χ3n) is 2.35. The minimum Gasteiger partial charge on any atom is -0.0826 e. The molecule has 2 atom stereocenters. The van der Waals surface area contributed by atoms with E-state index in [2.05, 4.69) is 36.4 Å². The first-order valence-corrected chi connectivity index (χ1v) is 5.08. The van der Waals surface area contributed by atoms with Crippen molar-refractivity contribution in [2.45, 2.75) is 37.0 Å². The Morgan fingerprint density at radius 1 is 1.33 bits per heavy atom. The van der Waals surface area contributed by atoms with E-state index in [0.29, 0.717) is 0 Å². The summed E-state index contributed by atoms with van der Waals surface area (Å²) in [4.78, 5) is 0. The van der Waals surface area contributed by atoms with Crippen LogP contribution >= 0.6 is 22.6 Å². The van der Waals surface area contributed by atoms with Crippen molar-refractivity contribution >= 4 is 22.6 Å². The van der Waals surface area contributed by atoms with Crippen LogP contribution in [-0.2, 0) is 0 Å². The Bertz CT molecular complexity index is 88.6. The van der Waals surface area contributed by atoms with Crippen molar-refractivity contribution in [3.8, 4) is 0 Å². The molecule has 1 saturated carbocycles. The van der Waals surface area contributed by atoms with Crippen LogP contribution < -0.4 is 0 Å². The summed E-state index contributed by atoms with van der Waals surface area (Å²) in [5.74, 6) is 1.96. The van der Waals surface area contributed by atoms with Gasteiger partial charge in [0.1, 0.15) is 0 Å². The maximum atomic E-state index is 2.58. The molecule has 1 aliphatic carbocycles. The quantitative estimate of drug-likeness (QED) is 0.486. The van der Waals surface area contributed by atoms with Crippen molar-refractivity contribution in [1.29, 1.82) is 0 Å². The molecule has 0 nitrogen and oxygen atoms in total. The summed E-state index contributed by atoms with van der Waals surface area (Å²) in [5.41, 5.74) is 0. The number of alkyl halides is 1. The monoisotopic (exact) mass is 238 g/mol. The van der Waals surface area contributed by atoms with E-state index >= 15 is 0 Å². The molecule has 0 amide bonds. The molecule has 0 aromatic heterocycles. The molecule has 0 heterocycles. The minimum atomic E-state index is 0.921. The summed E-state index contributed by atoms with van der Waals surface area (Å²) in [5, 5.41) is 0. The summed E-state index contributed by atoms with van der Waals surface area (Å²) < 4.78 is 0.981. The first-order chi connectivity index (χ1) is 4.20. The first kappa shape index (κ1) is 7.83. The highest BCUT2D eigenvalue weighted by atomic mass is 127. The zero-order valence-corrected chi connectivity index (χ0v) is 8.39. The van der Waals surface area contributed by atoms with Crippen molar-refractivity contribution in [1.82, 2.24) is 0 Å². The van der Waals surface area contributed by atoms with Crippen molar-refractivity contribution in [2.75, 3.05) is 0 Å². The molecule has 0 aromatic rings. The van der Waals surface area contributed by atoms with Gasteiger partial charge in [-0.3, -0.25) is 0 Å². The van der Waals surface area contributed by atoms with Gasteiger partial charge in [-0.1, -0.05) is 36.4 Å². The minimum absolute atomic E-state index is 0.921. The average molecular weight is 238 g/mol. The first-order valence-electron chi connectivity index (χ1n) is 3.84. The van der Waals surface area contributed by atoms with E-state index in [-0.39, 0.29) is 0 Å². The second-order valence-corrected chi connectivity index (χ2v) is 5.18. The van der Waals surface area contributed by atoms with Gasteiger partial charge in [0.15, 0.2) is 0 Å². The second kappa shape index (κ2) is 3.22. The second-order valence-electron chi connectivity index (χ2n) is 3.41. The lowest BCUT2D eigenvalue weighted by molar-refractivity contribution is 0.398. The molecule has 1 aliphatic rings. The molecular weight excluding hydrogens is 223 g/mol. The Labute approximate surface area is 71.5 Å². The van der Waals surface area contributed by atoms with Gasteiger partial charge in [0.2, 0.25) is 0 Å². The van der Waals surface area contributed by atoms with Crippen molar-refractivity contribution in [3.05, 3.63) is 0 Å². The number of rotatable bonds is 1. The van der Waals surface area contributed by atoms with Crippen molar-refractivity contribution < 1.29 is 0 Å². The Morgan fingerprint density at radius 3 is 2.22 bits per heavy atom. The SMILES string of the molecule is CC(C)[C@@H]1CC[C@H](I)C1. The molecule has 0 aromatic carbocycles. The predicted molar refractivity (Wildman–Crippen MR) is 50.0 cm³/mol. The molecule has 0 unspecified atom stereocenters. The van der Waals surface area contributed by atoms with Gasteiger partial charge in [-0.05, 0) is 31.1 Å². The van der Waals surface area contributed by atoms with Gasteiger partial charge in [-0.2, -0.15) is 0 Å². The molecular formula is C8H15I. The third kappa shape index (κ3) is 2.10. The summed E-state index contributed by atoms with van der Waals surface area (Å²) in [6.07, 6.45) is 4.41. The highest BCUT2D eigenvalue weighted by molar-refractivity contribution is 14.1. The number of hydrogen-bond acceptors (Lipinski definition) is 0. The predicted octanol–water partition coefficient (Wildman–Crippen LogP) is 3.25. The molecule has 0 bridgehead atoms. The summed E-state index contributed by atoms with van der Waals surface area (Å²) in [7, 11) is 0. The maximum Gasteiger partial charge on any atom is 0.0112 e. The van der Waals surface area contributed by atoms with Gasteiger partial charge in [0.25, 0.3) is 0 Å². The number of halogens is 1. The molecule has 1 heteroatoms. The summed E-state index contributed by atoms with van der Waals surface area (Å²) in [6, 6.07) is 0. The van der Waals surface area contributed by atoms with Crippen LogP contribution in [-0.4, -0.2) is 3.92 Å². The zero-order chi connectivity index (χ0) is 6.85. The molecule has 0 spiro atoms. The lowest BCUT2D eigenvalue weighted by Gasteiger charge is -2.12. The maximum absolute atomic E-state index is 2.58. The highest BCUT2D eigenvalue weighted by Gasteiger charge is 2.24. The average Bonchev–Trinajstić information content (AvgIpc) is 2.14. The van der Waals surface area contributed by atoms with Gasteiger partial charge >= 0.3 is 0 Å². The van der Waals surface area contributed by atoms with Crippen LogP contribution in [0.4, 0.5) is 0 Å². The van der Waals surface area contributed by atoms with Gasteiger partial charge in [0.05, 0.1) is 0 Å². The van der Waals surface area contributed by atoms with Crippen LogP contribution in [0.2, 0.25) is 0 Å². The van der Waals surface area contributed by atoms with Crippen molar-refractivity contribution in [3.63, 3.8) is 0 Å². The molecule has 9 heavy (non-hydrogen) atoms. The fraction of sp³-hybridized carbons (Fsp3) is 1.00. The fourth-order valence-corrected chi connectivity index (χ4v) is 2.58. The smallest absolute Gasteiger partial charge is 0.0112 e. The Morgan fingerprint density at radius 2 is 2.00 bits per heavy atom. The highest BCUT2D eigenvalue weighted by Crippen LogP contribution is 2.35. The molecule has 0 radical (unpaired) electrons. The van der Waals surface area contributed by atoms with Gasteiger partial charge in [0, 0.05) is 3.92 Å². The van der Waals surface area contributed by atoms with E-state index < -0.39 is 0 Å². The molecule has 0 N–H and O–H groups in total. The molecule has 54 valence electrons. The van der Waals surface area contributed by atoms with Gasteiger partial charge < -0.3 is 0 Å². The Kier molecular flexibility index (Phi) is 2.80. The van der Waals surface area contributed by atoms with Crippen LogP contribution in [0.1, 0.15) is 33.1 Å².